The van der Waals surface area contributed by atoms with Crippen molar-refractivity contribution in [2.24, 2.45) is 21.7 Å². The Morgan fingerprint density at radius 2 is 1.45 bits per heavy atom. The van der Waals surface area contributed by atoms with E-state index in [1.807, 2.05) is 4.90 Å². The number of halogens is 1. The fraction of sp³-hybridized carbons (Fsp3) is 0.207. The molecule has 282 valence electrons. The molecule has 0 spiro atoms. The van der Waals surface area contributed by atoms with Crippen molar-refractivity contribution in [2.75, 3.05) is 49.9 Å². The van der Waals surface area contributed by atoms with Gasteiger partial charge in [0.15, 0.2) is 5.75 Å². The number of phenols is 1. The number of hydrogen-bond acceptors (Lipinski definition) is 17. The van der Waals surface area contributed by atoms with Crippen molar-refractivity contribution in [1.82, 2.24) is 19.9 Å². The fourth-order valence-corrected chi connectivity index (χ4v) is 7.52. The smallest absolute Gasteiger partial charge is 0.297 e. The van der Waals surface area contributed by atoms with Gasteiger partial charge in [0.2, 0.25) is 17.2 Å². The van der Waals surface area contributed by atoms with Gasteiger partial charge in [-0.3, -0.25) is 18.6 Å². The van der Waals surface area contributed by atoms with E-state index in [4.69, 9.17) is 23.1 Å². The summed E-state index contributed by atoms with van der Waals surface area (Å²) < 4.78 is 105. The van der Waals surface area contributed by atoms with Gasteiger partial charge in [-0.1, -0.05) is 30.3 Å². The number of nitrogens with zero attached hydrogens (tertiary/aromatic N) is 6. The number of rotatable bonds is 15. The molecule has 0 bridgehead atoms. The van der Waals surface area contributed by atoms with Crippen LogP contribution in [0.3, 0.4) is 0 Å². The predicted octanol–water partition coefficient (Wildman–Crippen LogP) is 3.07. The van der Waals surface area contributed by atoms with Crippen LogP contribution in [0.5, 0.6) is 5.75 Å². The van der Waals surface area contributed by atoms with Crippen molar-refractivity contribution in [3.05, 3.63) is 59.9 Å². The van der Waals surface area contributed by atoms with Gasteiger partial charge < -0.3 is 27.2 Å². The summed E-state index contributed by atoms with van der Waals surface area (Å²) in [5.41, 5.74) is 9.55. The highest BCUT2D eigenvalue weighted by Gasteiger charge is 2.27. The molecule has 0 aliphatic rings. The van der Waals surface area contributed by atoms with E-state index >= 15 is 0 Å². The summed E-state index contributed by atoms with van der Waals surface area (Å²) in [6, 6.07) is 11.0. The standard InChI is InChI=1S/C29H31ClN10O10S3/c30-27-35-28(33-9-12-40(10-7-31)11-8-32)37-29(36-27)34-21-15-18(51(42,43)44)13-17-14-22(52(45,46)47)24(25(41)23(17)21)39-38-20-6-5-16-3-1-2-4-19(16)26(20)53(48,49)50/h1-6,13-15,41H,7-12,31-32H2,(H,42,43,44)(H,45,46,47)(H,48,49,50)(H2,33,34,35,36,37). The molecular formula is C29H31ClN10O10S3. The van der Waals surface area contributed by atoms with Crippen LogP contribution in [-0.4, -0.2) is 103 Å². The SMILES string of the molecule is NCCN(CCN)CCNc1nc(Cl)nc(Nc2cc(S(=O)(=O)O)cc3cc(S(=O)(=O)O)c(N=Nc4ccc5ccccc5c4S(=O)(=O)O)c(O)c23)n1. The Labute approximate surface area is 307 Å². The number of aromatic hydroxyl groups is 1. The maximum absolute atomic E-state index is 12.6. The van der Waals surface area contributed by atoms with Gasteiger partial charge in [-0.25, -0.2) is 0 Å². The highest BCUT2D eigenvalue weighted by atomic mass is 35.5. The lowest BCUT2D eigenvalue weighted by molar-refractivity contribution is 0.300. The minimum atomic E-state index is -5.27. The Morgan fingerprint density at radius 1 is 0.774 bits per heavy atom. The molecule has 0 aliphatic carbocycles. The van der Waals surface area contributed by atoms with Crippen LogP contribution in [0.15, 0.2) is 79.5 Å². The molecule has 0 radical (unpaired) electrons. The number of anilines is 3. The lowest BCUT2D eigenvalue weighted by atomic mass is 10.1. The van der Waals surface area contributed by atoms with E-state index in [9.17, 15) is 44.0 Å². The molecule has 0 amide bonds. The first-order valence-electron chi connectivity index (χ1n) is 15.2. The molecule has 0 atom stereocenters. The third-order valence-corrected chi connectivity index (χ3v) is 10.3. The van der Waals surface area contributed by atoms with Gasteiger partial charge in [0.1, 0.15) is 21.2 Å². The Morgan fingerprint density at radius 3 is 2.09 bits per heavy atom. The number of fused-ring (bicyclic) bond motifs is 2. The maximum atomic E-state index is 12.6. The van der Waals surface area contributed by atoms with E-state index in [1.54, 1.807) is 12.1 Å². The quantitative estimate of drug-likeness (QED) is 0.0556. The van der Waals surface area contributed by atoms with Crippen LogP contribution >= 0.6 is 11.6 Å². The summed E-state index contributed by atoms with van der Waals surface area (Å²) in [5, 5.41) is 24.1. The van der Waals surface area contributed by atoms with Gasteiger partial charge in [-0.05, 0) is 46.6 Å². The summed E-state index contributed by atoms with van der Waals surface area (Å²) in [6.45, 7) is 2.76. The molecule has 5 aromatic rings. The summed E-state index contributed by atoms with van der Waals surface area (Å²) >= 11 is 6.13. The summed E-state index contributed by atoms with van der Waals surface area (Å²) in [6.07, 6.45) is 0. The number of azo groups is 1. The van der Waals surface area contributed by atoms with Crippen LogP contribution in [0.1, 0.15) is 0 Å². The summed E-state index contributed by atoms with van der Waals surface area (Å²) in [5.74, 6) is -1.35. The predicted molar refractivity (Wildman–Crippen MR) is 194 cm³/mol. The molecule has 4 aromatic carbocycles. The number of benzene rings is 4. The van der Waals surface area contributed by atoms with Crippen LogP contribution in [0.4, 0.5) is 29.0 Å². The van der Waals surface area contributed by atoms with Gasteiger partial charge in [-0.2, -0.15) is 40.2 Å². The number of phenolic OH excluding ortho intramolecular Hbond substituents is 1. The highest BCUT2D eigenvalue weighted by Crippen LogP contribution is 2.46. The minimum Gasteiger partial charge on any atom is -0.505 e. The lowest BCUT2D eigenvalue weighted by Crippen LogP contribution is -2.37. The first-order valence-corrected chi connectivity index (χ1v) is 19.8. The molecule has 24 heteroatoms. The second-order valence-electron chi connectivity index (χ2n) is 11.1. The molecule has 0 unspecified atom stereocenters. The zero-order valence-electron chi connectivity index (χ0n) is 27.1. The highest BCUT2D eigenvalue weighted by molar-refractivity contribution is 7.86. The average Bonchev–Trinajstić information content (AvgIpc) is 3.06. The Hall–Kier alpha value is -4.69. The Balaban J connectivity index is 1.66. The third-order valence-electron chi connectivity index (χ3n) is 7.53. The van der Waals surface area contributed by atoms with Crippen LogP contribution in [0.25, 0.3) is 21.5 Å². The lowest BCUT2D eigenvalue weighted by Gasteiger charge is -2.20. The van der Waals surface area contributed by atoms with E-state index in [0.717, 1.165) is 24.3 Å². The van der Waals surface area contributed by atoms with Gasteiger partial charge in [0.05, 0.1) is 10.6 Å². The van der Waals surface area contributed by atoms with Crippen molar-refractivity contribution in [3.63, 3.8) is 0 Å². The molecular weight excluding hydrogens is 780 g/mol. The van der Waals surface area contributed by atoms with Gasteiger partial charge >= 0.3 is 0 Å². The van der Waals surface area contributed by atoms with Crippen molar-refractivity contribution in [3.8, 4) is 5.75 Å². The number of nitrogens with one attached hydrogen (secondary N) is 2. The average molecular weight is 811 g/mol. The normalized spacial score (nSPS) is 12.7. The van der Waals surface area contributed by atoms with E-state index in [2.05, 4.69) is 35.8 Å². The van der Waals surface area contributed by atoms with Crippen molar-refractivity contribution in [1.29, 1.82) is 0 Å². The van der Waals surface area contributed by atoms with E-state index in [-0.39, 0.29) is 39.0 Å². The molecule has 0 fully saturated rings. The monoisotopic (exact) mass is 810 g/mol. The molecule has 20 nitrogen and oxygen atoms in total. The van der Waals surface area contributed by atoms with Gasteiger partial charge in [0, 0.05) is 50.0 Å². The first kappa shape index (κ1) is 39.5. The van der Waals surface area contributed by atoms with Crippen LogP contribution in [0.2, 0.25) is 5.28 Å². The van der Waals surface area contributed by atoms with Gasteiger partial charge in [-0.15, -0.1) is 10.2 Å². The van der Waals surface area contributed by atoms with Crippen LogP contribution in [0, 0.1) is 0 Å². The summed E-state index contributed by atoms with van der Waals surface area (Å²) in [4.78, 5) is 11.6. The molecule has 0 aliphatic heterocycles. The molecule has 53 heavy (non-hydrogen) atoms. The third kappa shape index (κ3) is 9.28. The minimum absolute atomic E-state index is 0.0272. The van der Waals surface area contributed by atoms with E-state index < -0.39 is 62.2 Å². The van der Waals surface area contributed by atoms with E-state index in [1.165, 1.54) is 18.2 Å². The molecule has 10 N–H and O–H groups in total. The summed E-state index contributed by atoms with van der Waals surface area (Å²) in [7, 11) is -15.2. The zero-order chi connectivity index (χ0) is 38.7. The molecule has 0 saturated carbocycles. The molecule has 5 rings (SSSR count). The Bertz CT molecular complexity index is 2570. The largest absolute Gasteiger partial charge is 0.505 e. The van der Waals surface area contributed by atoms with Crippen molar-refractivity contribution in [2.45, 2.75) is 14.7 Å². The number of aromatic nitrogens is 3. The molecule has 1 aromatic heterocycles. The van der Waals surface area contributed by atoms with Crippen molar-refractivity contribution < 1.29 is 44.0 Å². The topological polar surface area (TPSA) is 326 Å². The molecule has 1 heterocycles. The van der Waals surface area contributed by atoms with E-state index in [0.29, 0.717) is 44.7 Å². The second-order valence-corrected chi connectivity index (χ2v) is 15.6. The number of nitrogens with two attached hydrogens (primary N) is 2. The molecule has 0 saturated heterocycles. The maximum Gasteiger partial charge on any atom is 0.297 e. The Kier molecular flexibility index (Phi) is 11.7. The number of hydrogen-bond donors (Lipinski definition) is 8. The van der Waals surface area contributed by atoms with Crippen LogP contribution < -0.4 is 22.1 Å². The van der Waals surface area contributed by atoms with Crippen LogP contribution in [-0.2, 0) is 30.4 Å². The zero-order valence-corrected chi connectivity index (χ0v) is 30.3. The fourth-order valence-electron chi connectivity index (χ4n) is 5.32. The second kappa shape index (κ2) is 15.7. The van der Waals surface area contributed by atoms with Crippen molar-refractivity contribution >= 4 is 92.5 Å². The first-order chi connectivity index (χ1) is 24.9. The van der Waals surface area contributed by atoms with Gasteiger partial charge in [0.25, 0.3) is 30.4 Å².